The first-order valence-corrected chi connectivity index (χ1v) is 4.48. The quantitative estimate of drug-likeness (QED) is 0.370. The average molecular weight is 239 g/mol. The Hall–Kier alpha value is -2.22. The number of azide groups is 1. The lowest BCUT2D eigenvalue weighted by Crippen LogP contribution is -2.21. The van der Waals surface area contributed by atoms with Crippen LogP contribution in [-0.2, 0) is 0 Å². The van der Waals surface area contributed by atoms with Gasteiger partial charge in [-0.05, 0) is 5.53 Å². The van der Waals surface area contributed by atoms with Crippen LogP contribution in [0.2, 0.25) is 0 Å². The molecule has 0 aliphatic carbocycles. The minimum Gasteiger partial charge on any atom is -0.475 e. The van der Waals surface area contributed by atoms with E-state index in [-0.39, 0.29) is 12.1 Å². The molecule has 9 nitrogen and oxygen atoms in total. The van der Waals surface area contributed by atoms with Crippen LogP contribution in [0.15, 0.2) is 17.5 Å². The molecule has 0 amide bonds. The van der Waals surface area contributed by atoms with Gasteiger partial charge in [-0.1, -0.05) is 5.11 Å². The minimum absolute atomic E-state index is 0.135. The topological polar surface area (TPSA) is 152 Å². The summed E-state index contributed by atoms with van der Waals surface area (Å²) in [4.78, 5) is 19.9. The molecule has 2 unspecified atom stereocenters. The van der Waals surface area contributed by atoms with E-state index in [1.165, 1.54) is 0 Å². The number of carbonyl (C=O) groups is 1. The monoisotopic (exact) mass is 239 g/mol. The van der Waals surface area contributed by atoms with Crippen LogP contribution >= 0.6 is 0 Å². The molecule has 0 aromatic carbocycles. The van der Waals surface area contributed by atoms with Crippen LogP contribution in [0.3, 0.4) is 0 Å². The predicted molar refractivity (Wildman–Crippen MR) is 54.0 cm³/mol. The maximum Gasteiger partial charge on any atom is 0.373 e. The smallest absolute Gasteiger partial charge is 0.373 e. The fourth-order valence-electron chi connectivity index (χ4n) is 1.04. The van der Waals surface area contributed by atoms with Gasteiger partial charge in [0.15, 0.2) is 0 Å². The highest BCUT2D eigenvalue weighted by atomic mass is 16.4. The van der Waals surface area contributed by atoms with Crippen molar-refractivity contribution in [2.75, 3.05) is 6.54 Å². The molecule has 0 bridgehead atoms. The van der Waals surface area contributed by atoms with E-state index in [9.17, 15) is 15.0 Å². The number of hydrogen-bond donors (Lipinski definition) is 3. The highest BCUT2D eigenvalue weighted by molar-refractivity contribution is 5.82. The van der Waals surface area contributed by atoms with Crippen LogP contribution < -0.4 is 0 Å². The van der Waals surface area contributed by atoms with Crippen LogP contribution in [-0.4, -0.2) is 43.9 Å². The summed E-state index contributed by atoms with van der Waals surface area (Å²) in [6.07, 6.45) is -0.477. The Balaban J connectivity index is 2.78. The summed E-state index contributed by atoms with van der Waals surface area (Å²) in [6.45, 7) is -0.307. The molecule has 9 heteroatoms. The van der Waals surface area contributed by atoms with E-state index in [4.69, 9.17) is 10.6 Å². The lowest BCUT2D eigenvalue weighted by Gasteiger charge is -2.15. The first kappa shape index (κ1) is 12.8. The van der Waals surface area contributed by atoms with Crippen molar-refractivity contribution in [2.45, 2.75) is 12.2 Å². The second kappa shape index (κ2) is 5.75. The number of rotatable bonds is 5. The van der Waals surface area contributed by atoms with Gasteiger partial charge in [-0.25, -0.2) is 14.8 Å². The summed E-state index contributed by atoms with van der Waals surface area (Å²) < 4.78 is 0. The lowest BCUT2D eigenvalue weighted by atomic mass is 10.1. The van der Waals surface area contributed by atoms with Crippen molar-refractivity contribution < 1.29 is 20.1 Å². The van der Waals surface area contributed by atoms with E-state index in [0.717, 1.165) is 12.4 Å². The fourth-order valence-corrected chi connectivity index (χ4v) is 1.04. The van der Waals surface area contributed by atoms with E-state index >= 15 is 0 Å². The maximum atomic E-state index is 10.5. The molecule has 1 aromatic rings. The number of aliphatic hydroxyl groups excluding tert-OH is 2. The predicted octanol–water partition coefficient (Wildman–Crippen LogP) is -0.121. The van der Waals surface area contributed by atoms with Gasteiger partial charge in [0.05, 0.1) is 12.6 Å². The van der Waals surface area contributed by atoms with E-state index in [2.05, 4.69) is 20.0 Å². The Morgan fingerprint density at radius 1 is 1.47 bits per heavy atom. The number of carboxylic acids is 1. The molecule has 2 atom stereocenters. The summed E-state index contributed by atoms with van der Waals surface area (Å²) in [5.74, 6) is -1.70. The Labute approximate surface area is 95.0 Å². The SMILES string of the molecule is [N-]=[N+]=NCC(O)C(O)c1cnc(C(=O)O)nc1. The fraction of sp³-hybridized carbons (Fsp3) is 0.375. The van der Waals surface area contributed by atoms with Crippen LogP contribution in [0.5, 0.6) is 0 Å². The first-order chi connectivity index (χ1) is 8.06. The van der Waals surface area contributed by atoms with Gasteiger partial charge in [0.1, 0.15) is 6.10 Å². The number of hydrogen-bond acceptors (Lipinski definition) is 6. The summed E-state index contributed by atoms with van der Waals surface area (Å²) in [5, 5.41) is 30.6. The molecule has 0 radical (unpaired) electrons. The highest BCUT2D eigenvalue weighted by Crippen LogP contribution is 2.15. The maximum absolute atomic E-state index is 10.5. The molecule has 3 N–H and O–H groups in total. The Morgan fingerprint density at radius 3 is 2.53 bits per heavy atom. The normalized spacial score (nSPS) is 13.5. The van der Waals surface area contributed by atoms with E-state index < -0.39 is 24.0 Å². The molecule has 90 valence electrons. The zero-order valence-electron chi connectivity index (χ0n) is 8.50. The minimum atomic E-state index is -1.34. The standard InChI is InChI=1S/C8H9N5O4/c9-13-12-3-5(14)6(15)4-1-10-7(8(16)17)11-2-4/h1-2,5-6,14-15H,3H2,(H,16,17). The zero-order chi connectivity index (χ0) is 12.8. The van der Waals surface area contributed by atoms with Gasteiger partial charge in [0, 0.05) is 22.9 Å². The second-order valence-electron chi connectivity index (χ2n) is 3.07. The lowest BCUT2D eigenvalue weighted by molar-refractivity contribution is 0.0239. The molecule has 17 heavy (non-hydrogen) atoms. The second-order valence-corrected chi connectivity index (χ2v) is 3.07. The molecule has 1 rings (SSSR count). The van der Waals surface area contributed by atoms with Crippen molar-refractivity contribution in [1.82, 2.24) is 9.97 Å². The van der Waals surface area contributed by atoms with Crippen LogP contribution in [0.25, 0.3) is 10.4 Å². The van der Waals surface area contributed by atoms with Crippen molar-refractivity contribution >= 4 is 5.97 Å². The Kier molecular flexibility index (Phi) is 4.35. The molecule has 0 spiro atoms. The molecular weight excluding hydrogens is 230 g/mol. The van der Waals surface area contributed by atoms with Gasteiger partial charge in [0.2, 0.25) is 5.82 Å². The van der Waals surface area contributed by atoms with Gasteiger partial charge in [0.25, 0.3) is 0 Å². The summed E-state index contributed by atoms with van der Waals surface area (Å²) in [7, 11) is 0. The highest BCUT2D eigenvalue weighted by Gasteiger charge is 2.19. The average Bonchev–Trinajstić information content (AvgIpc) is 2.35. The third kappa shape index (κ3) is 3.38. The van der Waals surface area contributed by atoms with Crippen molar-refractivity contribution in [1.29, 1.82) is 0 Å². The zero-order valence-corrected chi connectivity index (χ0v) is 8.50. The molecular formula is C8H9N5O4. The number of aliphatic hydroxyl groups is 2. The van der Waals surface area contributed by atoms with Gasteiger partial charge >= 0.3 is 5.97 Å². The first-order valence-electron chi connectivity index (χ1n) is 4.48. The molecule has 0 fully saturated rings. The molecule has 0 saturated carbocycles. The van der Waals surface area contributed by atoms with Gasteiger partial charge in [-0.3, -0.25) is 0 Å². The van der Waals surface area contributed by atoms with E-state index in [1.807, 2.05) is 0 Å². The third-order valence-corrected chi connectivity index (χ3v) is 1.90. The molecule has 0 aliphatic heterocycles. The van der Waals surface area contributed by atoms with E-state index in [0.29, 0.717) is 0 Å². The Morgan fingerprint density at radius 2 is 2.06 bits per heavy atom. The van der Waals surface area contributed by atoms with Crippen LogP contribution in [0.4, 0.5) is 0 Å². The van der Waals surface area contributed by atoms with Crippen molar-refractivity contribution in [3.63, 3.8) is 0 Å². The van der Waals surface area contributed by atoms with E-state index in [1.54, 1.807) is 0 Å². The van der Waals surface area contributed by atoms with Crippen LogP contribution in [0, 0.1) is 0 Å². The number of aromatic carboxylic acids is 1. The van der Waals surface area contributed by atoms with Crippen molar-refractivity contribution in [2.24, 2.45) is 5.11 Å². The molecule has 1 aromatic heterocycles. The summed E-state index contributed by atoms with van der Waals surface area (Å²) in [6, 6.07) is 0. The van der Waals surface area contributed by atoms with Gasteiger partial charge < -0.3 is 15.3 Å². The summed E-state index contributed by atoms with van der Waals surface area (Å²) in [5.41, 5.74) is 8.18. The number of nitrogens with zero attached hydrogens (tertiary/aromatic N) is 5. The summed E-state index contributed by atoms with van der Waals surface area (Å²) >= 11 is 0. The molecule has 0 aliphatic rings. The Bertz CT molecular complexity index is 442. The van der Waals surface area contributed by atoms with Crippen LogP contribution in [0.1, 0.15) is 22.3 Å². The molecule has 1 heterocycles. The van der Waals surface area contributed by atoms with Gasteiger partial charge in [-0.2, -0.15) is 0 Å². The number of aromatic nitrogens is 2. The number of carboxylic acid groups (broad SMARTS) is 1. The molecule has 0 saturated heterocycles. The van der Waals surface area contributed by atoms with Crippen molar-refractivity contribution in [3.05, 3.63) is 34.2 Å². The van der Waals surface area contributed by atoms with Crippen molar-refractivity contribution in [3.8, 4) is 0 Å². The van der Waals surface area contributed by atoms with Gasteiger partial charge in [-0.15, -0.1) is 0 Å². The third-order valence-electron chi connectivity index (χ3n) is 1.90. The largest absolute Gasteiger partial charge is 0.475 e.